The molecule has 1 aromatic heterocycles. The Morgan fingerprint density at radius 3 is 1.81 bits per heavy atom. The van der Waals surface area contributed by atoms with Crippen LogP contribution >= 0.6 is 0 Å². The Bertz CT molecular complexity index is 2760. The van der Waals surface area contributed by atoms with Crippen molar-refractivity contribution in [2.24, 2.45) is 0 Å². The molecule has 2 nitrogen and oxygen atoms in total. The lowest BCUT2D eigenvalue weighted by Gasteiger charge is -2.31. The van der Waals surface area contributed by atoms with Crippen molar-refractivity contribution >= 4 is 28.4 Å². The van der Waals surface area contributed by atoms with Crippen molar-refractivity contribution < 1.29 is 0 Å². The van der Waals surface area contributed by atoms with E-state index in [0.717, 1.165) is 12.8 Å². The molecule has 1 aliphatic carbocycles. The minimum atomic E-state index is 0.160. The normalized spacial score (nSPS) is 15.4. The third-order valence-corrected chi connectivity index (χ3v) is 12.5. The Hall–Kier alpha value is -6.38. The largest absolute Gasteiger partial charge is 0.333 e. The van der Waals surface area contributed by atoms with Crippen molar-refractivity contribution in [1.29, 1.82) is 0 Å². The van der Waals surface area contributed by atoms with Gasteiger partial charge in [0.1, 0.15) is 0 Å². The number of aryl methyl sites for hydroxylation is 2. The molecule has 0 saturated heterocycles. The second kappa shape index (κ2) is 15.5. The molecule has 0 fully saturated rings. The van der Waals surface area contributed by atoms with Crippen molar-refractivity contribution in [3.05, 3.63) is 204 Å². The lowest BCUT2D eigenvalue weighted by molar-refractivity contribution is 0.725. The van der Waals surface area contributed by atoms with E-state index in [1.54, 1.807) is 0 Å². The molecule has 2 unspecified atom stereocenters. The Balaban J connectivity index is 1.01. The highest BCUT2D eigenvalue weighted by Gasteiger charge is 2.43. The van der Waals surface area contributed by atoms with Crippen LogP contribution in [0.5, 0.6) is 0 Å². The van der Waals surface area contributed by atoms with Crippen molar-refractivity contribution in [1.82, 2.24) is 4.57 Å². The Kier molecular flexibility index (Phi) is 9.63. The smallest absolute Gasteiger partial charge is 0.0637 e. The van der Waals surface area contributed by atoms with Gasteiger partial charge in [-0.3, -0.25) is 0 Å². The summed E-state index contributed by atoms with van der Waals surface area (Å²) in [5.74, 6) is 0.194. The van der Waals surface area contributed by atoms with Gasteiger partial charge in [-0.1, -0.05) is 172 Å². The molecule has 10 rings (SSSR count). The number of anilines is 2. The zero-order valence-electron chi connectivity index (χ0n) is 33.6. The van der Waals surface area contributed by atoms with Crippen LogP contribution in [0.3, 0.4) is 0 Å². The first-order chi connectivity index (χ1) is 28.7. The molecule has 58 heavy (non-hydrogen) atoms. The summed E-state index contributed by atoms with van der Waals surface area (Å²) in [5.41, 5.74) is 19.5. The van der Waals surface area contributed by atoms with E-state index < -0.39 is 0 Å². The summed E-state index contributed by atoms with van der Waals surface area (Å²) in [4.78, 5) is 2.57. The second-order valence-electron chi connectivity index (χ2n) is 16.2. The molecule has 0 bridgehead atoms. The number of para-hydroxylation sites is 3. The van der Waals surface area contributed by atoms with Gasteiger partial charge in [0.05, 0.1) is 22.9 Å². The van der Waals surface area contributed by atoms with Crippen LogP contribution in [-0.2, 0) is 12.8 Å². The Morgan fingerprint density at radius 2 is 1.09 bits per heavy atom. The van der Waals surface area contributed by atoms with Crippen molar-refractivity contribution in [3.8, 4) is 39.1 Å². The van der Waals surface area contributed by atoms with E-state index in [2.05, 4.69) is 205 Å². The van der Waals surface area contributed by atoms with Gasteiger partial charge in [-0.25, -0.2) is 0 Å². The van der Waals surface area contributed by atoms with Crippen molar-refractivity contribution in [2.75, 3.05) is 4.90 Å². The number of hydrogen-bond acceptors (Lipinski definition) is 1. The molecule has 7 aromatic carbocycles. The van der Waals surface area contributed by atoms with Crippen molar-refractivity contribution in [2.45, 2.75) is 64.3 Å². The summed E-state index contributed by atoms with van der Waals surface area (Å²) in [6, 6.07) is 63.8. The highest BCUT2D eigenvalue weighted by molar-refractivity contribution is 5.95. The van der Waals surface area contributed by atoms with E-state index in [0.29, 0.717) is 0 Å². The maximum atomic E-state index is 2.57. The molecule has 0 radical (unpaired) electrons. The fourth-order valence-corrected chi connectivity index (χ4v) is 9.67. The third-order valence-electron chi connectivity index (χ3n) is 12.5. The van der Waals surface area contributed by atoms with Gasteiger partial charge >= 0.3 is 0 Å². The van der Waals surface area contributed by atoms with Crippen LogP contribution in [0.1, 0.15) is 73.4 Å². The minimum Gasteiger partial charge on any atom is -0.333 e. The number of nitrogens with zero attached hydrogens (tertiary/aromatic N) is 2. The fraction of sp³-hybridized carbons (Fsp3) is 0.179. The molecule has 2 atom stereocenters. The van der Waals surface area contributed by atoms with E-state index in [1.165, 1.54) is 115 Å². The van der Waals surface area contributed by atoms with E-state index in [-0.39, 0.29) is 12.0 Å². The molecule has 0 N–H and O–H groups in total. The van der Waals surface area contributed by atoms with Gasteiger partial charge in [-0.05, 0) is 112 Å². The monoisotopic (exact) mass is 750 g/mol. The molecule has 0 saturated carbocycles. The van der Waals surface area contributed by atoms with Crippen LogP contribution in [0.15, 0.2) is 176 Å². The number of fused-ring (bicyclic) bond motifs is 7. The molecule has 284 valence electrons. The van der Waals surface area contributed by atoms with Gasteiger partial charge in [0, 0.05) is 28.2 Å². The lowest BCUT2D eigenvalue weighted by atomic mass is 9.82. The SMILES string of the molecule is CCCCc1cccc(-c2ccc(-c3ccc(N4c5ccccc5C5c6c(n(-c7ccccc7-c7cccc(CCCC)c7)c7ccccc67)C=CC54)cc3)cc2)c1. The Labute approximate surface area is 343 Å². The van der Waals surface area contributed by atoms with Gasteiger partial charge in [0.25, 0.3) is 0 Å². The molecule has 2 heterocycles. The molecule has 0 amide bonds. The lowest BCUT2D eigenvalue weighted by Crippen LogP contribution is -2.30. The van der Waals surface area contributed by atoms with Crippen LogP contribution in [0, 0.1) is 0 Å². The topological polar surface area (TPSA) is 8.17 Å². The first-order valence-electron chi connectivity index (χ1n) is 21.4. The third kappa shape index (κ3) is 6.38. The number of hydrogen-bond donors (Lipinski definition) is 0. The zero-order chi connectivity index (χ0) is 39.0. The molecule has 0 spiro atoms. The highest BCUT2D eigenvalue weighted by Crippen LogP contribution is 2.54. The van der Waals surface area contributed by atoms with E-state index in [9.17, 15) is 0 Å². The molecule has 2 aliphatic rings. The quantitative estimate of drug-likeness (QED) is 0.128. The first-order valence-corrected chi connectivity index (χ1v) is 21.4. The number of aromatic nitrogens is 1. The number of benzene rings is 7. The maximum Gasteiger partial charge on any atom is 0.0637 e. The van der Waals surface area contributed by atoms with E-state index in [4.69, 9.17) is 0 Å². The van der Waals surface area contributed by atoms with Crippen LogP contribution in [-0.4, -0.2) is 10.6 Å². The predicted molar refractivity (Wildman–Crippen MR) is 246 cm³/mol. The summed E-state index contributed by atoms with van der Waals surface area (Å²) in [6.45, 7) is 4.53. The first kappa shape index (κ1) is 36.0. The maximum absolute atomic E-state index is 2.57. The summed E-state index contributed by atoms with van der Waals surface area (Å²) >= 11 is 0. The number of unbranched alkanes of at least 4 members (excludes halogenated alkanes) is 2. The average Bonchev–Trinajstić information content (AvgIpc) is 3.81. The molecule has 1 aliphatic heterocycles. The highest BCUT2D eigenvalue weighted by atomic mass is 15.2. The summed E-state index contributed by atoms with van der Waals surface area (Å²) in [5, 5.41) is 1.33. The van der Waals surface area contributed by atoms with E-state index >= 15 is 0 Å². The summed E-state index contributed by atoms with van der Waals surface area (Å²) in [6.07, 6.45) is 12.0. The van der Waals surface area contributed by atoms with Gasteiger partial charge < -0.3 is 9.47 Å². The molecule has 2 heteroatoms. The zero-order valence-corrected chi connectivity index (χ0v) is 33.6. The van der Waals surface area contributed by atoms with Crippen LogP contribution in [0.4, 0.5) is 11.4 Å². The van der Waals surface area contributed by atoms with Crippen LogP contribution in [0.25, 0.3) is 56.0 Å². The van der Waals surface area contributed by atoms with Gasteiger partial charge in [-0.2, -0.15) is 0 Å². The van der Waals surface area contributed by atoms with Crippen LogP contribution in [0.2, 0.25) is 0 Å². The van der Waals surface area contributed by atoms with Gasteiger partial charge in [-0.15, -0.1) is 0 Å². The summed E-state index contributed by atoms with van der Waals surface area (Å²) in [7, 11) is 0. The predicted octanol–water partition coefficient (Wildman–Crippen LogP) is 15.0. The van der Waals surface area contributed by atoms with Gasteiger partial charge in [0.15, 0.2) is 0 Å². The number of rotatable bonds is 11. The fourth-order valence-electron chi connectivity index (χ4n) is 9.67. The van der Waals surface area contributed by atoms with Crippen molar-refractivity contribution in [3.63, 3.8) is 0 Å². The average molecular weight is 751 g/mol. The molecular weight excluding hydrogens is 701 g/mol. The molecule has 8 aromatic rings. The minimum absolute atomic E-state index is 0.160. The standard InChI is InChI=1S/C56H50N2/c1-3-5-15-39-17-13-19-44(37-39)43-29-27-41(28-30-43)42-31-33-46(34-32-42)57-51-25-11-8-22-48(51)55-53(57)35-36-54-56(55)49-23-9-12-26-52(49)58(54)50-24-10-7-21-47(50)45-20-14-18-40(38-45)16-6-4-2/h7-14,17-38,53,55H,3-6,15-16H2,1-2H3. The van der Waals surface area contributed by atoms with Gasteiger partial charge in [0.2, 0.25) is 0 Å². The van der Waals surface area contributed by atoms with E-state index in [1.807, 2.05) is 0 Å². The van der Waals surface area contributed by atoms with Crippen LogP contribution < -0.4 is 4.90 Å². The summed E-state index contributed by atoms with van der Waals surface area (Å²) < 4.78 is 2.53. The molecular formula is C56H50N2. The second-order valence-corrected chi connectivity index (χ2v) is 16.2. The Morgan fingerprint density at radius 1 is 0.500 bits per heavy atom.